The maximum Gasteiger partial charge on any atom is 0.128 e. The number of nitrogens with two attached hydrogens (primary N) is 1. The van der Waals surface area contributed by atoms with Gasteiger partial charge in [-0.25, -0.2) is 0 Å². The summed E-state index contributed by atoms with van der Waals surface area (Å²) in [6, 6.07) is 0. The van der Waals surface area contributed by atoms with E-state index in [1.54, 1.807) is 0 Å². The van der Waals surface area contributed by atoms with E-state index in [1.165, 1.54) is 0 Å². The second-order valence-electron chi connectivity index (χ2n) is 2.13. The molecule has 0 aromatic rings. The van der Waals surface area contributed by atoms with E-state index in [9.17, 15) is 0 Å². The van der Waals surface area contributed by atoms with Gasteiger partial charge in [0.2, 0.25) is 0 Å². The summed E-state index contributed by atoms with van der Waals surface area (Å²) in [4.78, 5) is 0. The normalized spacial score (nSPS) is 21.3. The highest BCUT2D eigenvalue weighted by Crippen LogP contribution is 2.10. The van der Waals surface area contributed by atoms with Crippen LogP contribution >= 0.6 is 0 Å². The molecule has 0 aliphatic heterocycles. The zero-order chi connectivity index (χ0) is 6.69. The average molecular weight is 125 g/mol. The molecule has 1 unspecified atom stereocenters. The van der Waals surface area contributed by atoms with Crippen molar-refractivity contribution >= 4 is 0 Å². The highest BCUT2D eigenvalue weighted by molar-refractivity contribution is 5.24. The molecule has 0 spiro atoms. The van der Waals surface area contributed by atoms with Gasteiger partial charge in [0.15, 0.2) is 0 Å². The van der Waals surface area contributed by atoms with Gasteiger partial charge in [-0.2, -0.15) is 0 Å². The fraction of sp³-hybridized carbons (Fsp3) is 0.429. The van der Waals surface area contributed by atoms with E-state index in [0.717, 1.165) is 18.4 Å². The molecular weight excluding hydrogens is 114 g/mol. The molecule has 50 valence electrons. The van der Waals surface area contributed by atoms with E-state index >= 15 is 0 Å². The highest BCUT2D eigenvalue weighted by atomic mass is 16.3. The Bertz CT molecular complexity index is 147. The first-order valence-corrected chi connectivity index (χ1v) is 3.11. The first-order valence-electron chi connectivity index (χ1n) is 3.11. The number of rotatable bonds is 1. The first kappa shape index (κ1) is 6.52. The summed E-state index contributed by atoms with van der Waals surface area (Å²) >= 11 is 0. The predicted octanol–water partition coefficient (Wildman–Crippen LogP) is 0.540. The van der Waals surface area contributed by atoms with Crippen molar-refractivity contribution < 1.29 is 5.11 Å². The molecule has 0 heterocycles. The lowest BCUT2D eigenvalue weighted by Crippen LogP contribution is -2.20. The van der Waals surface area contributed by atoms with Gasteiger partial charge in [0.25, 0.3) is 0 Å². The Hall–Kier alpha value is -0.600. The van der Waals surface area contributed by atoms with Crippen LogP contribution in [0.4, 0.5) is 0 Å². The van der Waals surface area contributed by atoms with Crippen LogP contribution < -0.4 is 5.73 Å². The van der Waals surface area contributed by atoms with Gasteiger partial charge in [-0.15, -0.1) is 0 Å². The van der Waals surface area contributed by atoms with E-state index in [0.29, 0.717) is 0 Å². The van der Waals surface area contributed by atoms with Gasteiger partial charge in [-0.05, 0) is 18.4 Å². The van der Waals surface area contributed by atoms with Crippen LogP contribution in [0.15, 0.2) is 23.8 Å². The molecule has 3 N–H and O–H groups in total. The van der Waals surface area contributed by atoms with Gasteiger partial charge in [0.1, 0.15) is 6.23 Å². The molecule has 1 aliphatic carbocycles. The maximum atomic E-state index is 8.84. The Kier molecular flexibility index (Phi) is 2.03. The van der Waals surface area contributed by atoms with Gasteiger partial charge in [-0.1, -0.05) is 18.2 Å². The molecular formula is C7H11NO. The van der Waals surface area contributed by atoms with Crippen molar-refractivity contribution in [3.05, 3.63) is 23.8 Å². The number of hydrogen-bond donors (Lipinski definition) is 2. The van der Waals surface area contributed by atoms with Gasteiger partial charge >= 0.3 is 0 Å². The summed E-state index contributed by atoms with van der Waals surface area (Å²) < 4.78 is 0. The molecule has 0 saturated heterocycles. The molecule has 9 heavy (non-hydrogen) atoms. The third-order valence-corrected chi connectivity index (χ3v) is 1.37. The first-order chi connectivity index (χ1) is 4.30. The zero-order valence-electron chi connectivity index (χ0n) is 5.25. The van der Waals surface area contributed by atoms with Crippen LogP contribution in [0, 0.1) is 0 Å². The zero-order valence-corrected chi connectivity index (χ0v) is 5.25. The third kappa shape index (κ3) is 1.66. The van der Waals surface area contributed by atoms with E-state index in [4.69, 9.17) is 10.8 Å². The van der Waals surface area contributed by atoms with Crippen LogP contribution in [0.5, 0.6) is 0 Å². The predicted molar refractivity (Wildman–Crippen MR) is 36.7 cm³/mol. The fourth-order valence-corrected chi connectivity index (χ4v) is 0.853. The van der Waals surface area contributed by atoms with Crippen molar-refractivity contribution in [1.29, 1.82) is 0 Å². The molecule has 2 heteroatoms. The lowest BCUT2D eigenvalue weighted by molar-refractivity contribution is 0.222. The lowest BCUT2D eigenvalue weighted by atomic mass is 10.1. The second-order valence-corrected chi connectivity index (χ2v) is 2.13. The lowest BCUT2D eigenvalue weighted by Gasteiger charge is -2.08. The molecule has 1 atom stereocenters. The standard InChI is InChI=1S/C7H11NO/c8-7(9)6-4-2-1-3-5-6/h2,4-5,7,9H,1,3,8H2. The molecule has 2 nitrogen and oxygen atoms in total. The molecule has 0 aromatic heterocycles. The van der Waals surface area contributed by atoms with E-state index < -0.39 is 6.23 Å². The van der Waals surface area contributed by atoms with Crippen LogP contribution in [0.25, 0.3) is 0 Å². The van der Waals surface area contributed by atoms with Crippen molar-refractivity contribution in [1.82, 2.24) is 0 Å². The largest absolute Gasteiger partial charge is 0.375 e. The Morgan fingerprint density at radius 1 is 1.56 bits per heavy atom. The SMILES string of the molecule is NC(O)C1=CCCC=C1. The summed E-state index contributed by atoms with van der Waals surface area (Å²) in [6.45, 7) is 0. The molecule has 0 fully saturated rings. The van der Waals surface area contributed by atoms with Crippen LogP contribution in [-0.4, -0.2) is 11.3 Å². The van der Waals surface area contributed by atoms with Crippen molar-refractivity contribution in [2.24, 2.45) is 5.73 Å². The molecule has 0 bridgehead atoms. The molecule has 0 amide bonds. The summed E-state index contributed by atoms with van der Waals surface area (Å²) in [5, 5.41) is 8.84. The smallest absolute Gasteiger partial charge is 0.128 e. The second kappa shape index (κ2) is 2.80. The van der Waals surface area contributed by atoms with Gasteiger partial charge < -0.3 is 10.8 Å². The number of aliphatic hydroxyl groups is 1. The Labute approximate surface area is 54.7 Å². The van der Waals surface area contributed by atoms with Crippen molar-refractivity contribution in [2.75, 3.05) is 0 Å². The minimum absolute atomic E-state index is 0.790. The summed E-state index contributed by atoms with van der Waals surface area (Å²) in [7, 11) is 0. The minimum Gasteiger partial charge on any atom is -0.375 e. The summed E-state index contributed by atoms with van der Waals surface area (Å²) in [5.41, 5.74) is 6.04. The van der Waals surface area contributed by atoms with Crippen molar-refractivity contribution in [3.8, 4) is 0 Å². The molecule has 0 radical (unpaired) electrons. The van der Waals surface area contributed by atoms with Crippen molar-refractivity contribution in [2.45, 2.75) is 19.1 Å². The fourth-order valence-electron chi connectivity index (χ4n) is 0.853. The van der Waals surface area contributed by atoms with Gasteiger partial charge in [-0.3, -0.25) is 0 Å². The Morgan fingerprint density at radius 3 is 2.67 bits per heavy atom. The highest BCUT2D eigenvalue weighted by Gasteiger charge is 2.01. The van der Waals surface area contributed by atoms with Gasteiger partial charge in [0.05, 0.1) is 0 Å². The molecule has 1 aliphatic rings. The molecule has 0 saturated carbocycles. The van der Waals surface area contributed by atoms with Crippen LogP contribution in [-0.2, 0) is 0 Å². The number of allylic oxidation sites excluding steroid dienone is 2. The van der Waals surface area contributed by atoms with E-state index in [1.807, 2.05) is 18.2 Å². The van der Waals surface area contributed by atoms with Crippen LogP contribution in [0.3, 0.4) is 0 Å². The van der Waals surface area contributed by atoms with Crippen LogP contribution in [0.2, 0.25) is 0 Å². The Morgan fingerprint density at radius 2 is 2.33 bits per heavy atom. The summed E-state index contributed by atoms with van der Waals surface area (Å²) in [6.07, 6.45) is 7.13. The summed E-state index contributed by atoms with van der Waals surface area (Å²) in [5.74, 6) is 0. The van der Waals surface area contributed by atoms with E-state index in [2.05, 4.69) is 0 Å². The Balaban J connectivity index is 2.58. The quantitative estimate of drug-likeness (QED) is 0.502. The monoisotopic (exact) mass is 125 g/mol. The van der Waals surface area contributed by atoms with Crippen LogP contribution in [0.1, 0.15) is 12.8 Å². The van der Waals surface area contributed by atoms with Gasteiger partial charge in [0, 0.05) is 0 Å². The topological polar surface area (TPSA) is 46.2 Å². The van der Waals surface area contributed by atoms with E-state index in [-0.39, 0.29) is 0 Å². The molecule has 0 aromatic carbocycles. The van der Waals surface area contributed by atoms with Crippen molar-refractivity contribution in [3.63, 3.8) is 0 Å². The third-order valence-electron chi connectivity index (χ3n) is 1.37. The number of hydrogen-bond acceptors (Lipinski definition) is 2. The molecule has 1 rings (SSSR count). The average Bonchev–Trinajstić information content (AvgIpc) is 1.90. The maximum absolute atomic E-state index is 8.84. The number of aliphatic hydroxyl groups excluding tert-OH is 1. The minimum atomic E-state index is -0.790.